The number of carbonyl (C=O) groups excluding carboxylic acids is 2. The number of halogens is 1. The number of ether oxygens (including phenoxy) is 2. The van der Waals surface area contributed by atoms with Crippen LogP contribution in [0.15, 0.2) is 55.8 Å². The van der Waals surface area contributed by atoms with Gasteiger partial charge in [0.05, 0.1) is 30.3 Å². The zero-order chi connectivity index (χ0) is 22.7. The molecule has 0 fully saturated rings. The molecule has 0 saturated carbocycles. The van der Waals surface area contributed by atoms with Gasteiger partial charge in [-0.15, -0.1) is 0 Å². The summed E-state index contributed by atoms with van der Waals surface area (Å²) in [4.78, 5) is 26.0. The summed E-state index contributed by atoms with van der Waals surface area (Å²) in [5, 5.41) is 7.40. The first kappa shape index (κ1) is 22.8. The third kappa shape index (κ3) is 4.44. The van der Waals surface area contributed by atoms with E-state index in [2.05, 4.69) is 26.4 Å². The second kappa shape index (κ2) is 9.51. The Balaban J connectivity index is 2.27. The van der Waals surface area contributed by atoms with Crippen LogP contribution < -0.4 is 5.32 Å². The van der Waals surface area contributed by atoms with Gasteiger partial charge in [-0.2, -0.15) is 0 Å². The number of aromatic nitrogens is 1. The standard InChI is InChI=1S/C23H25BrN2O5/c1-6-29-22(27)17-12(3)25-13(4)18(23(28)30-7-2)20(17)19-14(5)31-26-21(19)15-8-10-16(24)11-9-15/h8-11,20,25H,6-7H2,1-5H3. The van der Waals surface area contributed by atoms with E-state index in [0.29, 0.717) is 39.6 Å². The molecular weight excluding hydrogens is 464 g/mol. The van der Waals surface area contributed by atoms with Crippen molar-refractivity contribution in [3.8, 4) is 11.3 Å². The fourth-order valence-corrected chi connectivity index (χ4v) is 4.04. The van der Waals surface area contributed by atoms with E-state index < -0.39 is 17.9 Å². The Hall–Kier alpha value is -2.87. The maximum atomic E-state index is 13.0. The van der Waals surface area contributed by atoms with Crippen LogP contribution in [0, 0.1) is 6.92 Å². The van der Waals surface area contributed by atoms with E-state index in [9.17, 15) is 9.59 Å². The molecule has 3 rings (SSSR count). The highest BCUT2D eigenvalue weighted by atomic mass is 79.9. The molecule has 31 heavy (non-hydrogen) atoms. The van der Waals surface area contributed by atoms with Crippen molar-refractivity contribution in [1.82, 2.24) is 10.5 Å². The predicted octanol–water partition coefficient (Wildman–Crippen LogP) is 4.77. The minimum atomic E-state index is -0.746. The number of benzene rings is 1. The van der Waals surface area contributed by atoms with E-state index in [1.54, 1.807) is 34.6 Å². The molecule has 0 amide bonds. The number of nitrogens with one attached hydrogen (secondary N) is 1. The molecule has 1 aromatic carbocycles. The molecule has 0 radical (unpaired) electrons. The van der Waals surface area contributed by atoms with Crippen LogP contribution in [-0.4, -0.2) is 30.3 Å². The Morgan fingerprint density at radius 1 is 1.00 bits per heavy atom. The number of dihydropyridines is 1. The van der Waals surface area contributed by atoms with Crippen LogP contribution in [0.1, 0.15) is 44.9 Å². The lowest BCUT2D eigenvalue weighted by Crippen LogP contribution is -2.33. The molecule has 1 aliphatic heterocycles. The van der Waals surface area contributed by atoms with Gasteiger partial charge in [-0.3, -0.25) is 0 Å². The molecule has 7 nitrogen and oxygen atoms in total. The van der Waals surface area contributed by atoms with Crippen molar-refractivity contribution in [2.45, 2.75) is 40.5 Å². The van der Waals surface area contributed by atoms with Crippen molar-refractivity contribution in [2.75, 3.05) is 13.2 Å². The number of carbonyl (C=O) groups is 2. The summed E-state index contributed by atoms with van der Waals surface area (Å²) in [6.45, 7) is 9.24. The minimum Gasteiger partial charge on any atom is -0.463 e. The summed E-state index contributed by atoms with van der Waals surface area (Å²) >= 11 is 3.44. The number of allylic oxidation sites excluding steroid dienone is 2. The molecule has 0 aliphatic carbocycles. The van der Waals surface area contributed by atoms with Gasteiger partial charge < -0.3 is 19.3 Å². The quantitative estimate of drug-likeness (QED) is 0.585. The normalized spacial score (nSPS) is 14.5. The summed E-state index contributed by atoms with van der Waals surface area (Å²) in [5.41, 5.74) is 3.87. The van der Waals surface area contributed by atoms with Crippen LogP contribution in [0.25, 0.3) is 11.3 Å². The molecule has 0 spiro atoms. The molecule has 2 heterocycles. The van der Waals surface area contributed by atoms with Gasteiger partial charge in [-0.25, -0.2) is 9.59 Å². The van der Waals surface area contributed by atoms with E-state index in [4.69, 9.17) is 14.0 Å². The molecule has 1 aliphatic rings. The first-order valence-electron chi connectivity index (χ1n) is 10.0. The number of nitrogens with zero attached hydrogens (tertiary/aromatic N) is 1. The smallest absolute Gasteiger partial charge is 0.336 e. The fourth-order valence-electron chi connectivity index (χ4n) is 3.78. The zero-order valence-electron chi connectivity index (χ0n) is 18.2. The maximum Gasteiger partial charge on any atom is 0.336 e. The number of esters is 2. The molecule has 8 heteroatoms. The lowest BCUT2D eigenvalue weighted by molar-refractivity contribution is -0.139. The highest BCUT2D eigenvalue weighted by Gasteiger charge is 2.41. The second-order valence-electron chi connectivity index (χ2n) is 7.08. The summed E-state index contributed by atoms with van der Waals surface area (Å²) < 4.78 is 17.1. The molecule has 0 atom stereocenters. The largest absolute Gasteiger partial charge is 0.463 e. The van der Waals surface area contributed by atoms with Crippen LogP contribution in [0.3, 0.4) is 0 Å². The Labute approximate surface area is 189 Å². The van der Waals surface area contributed by atoms with Crippen molar-refractivity contribution in [1.29, 1.82) is 0 Å². The van der Waals surface area contributed by atoms with Crippen LogP contribution in [0.5, 0.6) is 0 Å². The van der Waals surface area contributed by atoms with Crippen LogP contribution >= 0.6 is 15.9 Å². The van der Waals surface area contributed by atoms with Gasteiger partial charge in [0, 0.05) is 27.0 Å². The Bertz CT molecular complexity index is 1030. The van der Waals surface area contributed by atoms with Crippen LogP contribution in [-0.2, 0) is 19.1 Å². The monoisotopic (exact) mass is 488 g/mol. The number of hydrogen-bond donors (Lipinski definition) is 1. The maximum absolute atomic E-state index is 13.0. The molecule has 0 unspecified atom stereocenters. The van der Waals surface area contributed by atoms with Gasteiger partial charge >= 0.3 is 11.9 Å². The Morgan fingerprint density at radius 3 is 2.00 bits per heavy atom. The highest BCUT2D eigenvalue weighted by Crippen LogP contribution is 2.44. The van der Waals surface area contributed by atoms with E-state index in [1.807, 2.05) is 24.3 Å². The Morgan fingerprint density at radius 2 is 1.52 bits per heavy atom. The summed E-state index contributed by atoms with van der Waals surface area (Å²) in [7, 11) is 0. The number of hydrogen-bond acceptors (Lipinski definition) is 7. The summed E-state index contributed by atoms with van der Waals surface area (Å²) in [5.74, 6) is -1.25. The first-order chi connectivity index (χ1) is 14.8. The number of rotatable bonds is 6. The van der Waals surface area contributed by atoms with Crippen molar-refractivity contribution >= 4 is 27.9 Å². The average molecular weight is 489 g/mol. The van der Waals surface area contributed by atoms with Crippen molar-refractivity contribution in [3.05, 3.63) is 62.6 Å². The molecule has 2 aromatic rings. The second-order valence-corrected chi connectivity index (χ2v) is 8.00. The van der Waals surface area contributed by atoms with Gasteiger partial charge in [-0.05, 0) is 46.8 Å². The fraction of sp³-hybridized carbons (Fsp3) is 0.348. The predicted molar refractivity (Wildman–Crippen MR) is 119 cm³/mol. The SMILES string of the molecule is CCOC(=O)C1=C(C)NC(C)=C(C(=O)OCC)C1c1c(-c2ccc(Br)cc2)noc1C. The topological polar surface area (TPSA) is 90.7 Å². The lowest BCUT2D eigenvalue weighted by atomic mass is 9.78. The van der Waals surface area contributed by atoms with E-state index in [0.717, 1.165) is 10.0 Å². The average Bonchev–Trinajstić information content (AvgIpc) is 3.09. The summed E-state index contributed by atoms with van der Waals surface area (Å²) in [6.07, 6.45) is 0. The van der Waals surface area contributed by atoms with Crippen LogP contribution in [0.4, 0.5) is 0 Å². The number of aryl methyl sites for hydroxylation is 1. The third-order valence-corrected chi connectivity index (χ3v) is 5.59. The minimum absolute atomic E-state index is 0.210. The third-order valence-electron chi connectivity index (χ3n) is 5.07. The Kier molecular flexibility index (Phi) is 7.00. The molecular formula is C23H25BrN2O5. The molecule has 0 bridgehead atoms. The highest BCUT2D eigenvalue weighted by molar-refractivity contribution is 9.10. The van der Waals surface area contributed by atoms with E-state index in [1.165, 1.54) is 0 Å². The van der Waals surface area contributed by atoms with Gasteiger partial charge in [0.25, 0.3) is 0 Å². The van der Waals surface area contributed by atoms with Gasteiger partial charge in [0.15, 0.2) is 0 Å². The molecule has 1 N–H and O–H groups in total. The van der Waals surface area contributed by atoms with Crippen LogP contribution in [0.2, 0.25) is 0 Å². The molecule has 0 saturated heterocycles. The lowest BCUT2D eigenvalue weighted by Gasteiger charge is -2.30. The van der Waals surface area contributed by atoms with Gasteiger partial charge in [0.1, 0.15) is 11.5 Å². The first-order valence-corrected chi connectivity index (χ1v) is 10.8. The molecule has 1 aromatic heterocycles. The zero-order valence-corrected chi connectivity index (χ0v) is 19.8. The van der Waals surface area contributed by atoms with Gasteiger partial charge in [-0.1, -0.05) is 33.2 Å². The van der Waals surface area contributed by atoms with Crippen molar-refractivity contribution < 1.29 is 23.6 Å². The van der Waals surface area contributed by atoms with Crippen molar-refractivity contribution in [3.63, 3.8) is 0 Å². The van der Waals surface area contributed by atoms with E-state index >= 15 is 0 Å². The van der Waals surface area contributed by atoms with Gasteiger partial charge in [0.2, 0.25) is 0 Å². The van der Waals surface area contributed by atoms with E-state index in [-0.39, 0.29) is 13.2 Å². The molecule has 164 valence electrons. The van der Waals surface area contributed by atoms with Crippen molar-refractivity contribution in [2.24, 2.45) is 0 Å². The summed E-state index contributed by atoms with van der Waals surface area (Å²) in [6, 6.07) is 7.58.